The Morgan fingerprint density at radius 3 is 2.62 bits per heavy atom. The van der Waals surface area contributed by atoms with Crippen LogP contribution in [0.25, 0.3) is 10.9 Å². The number of sulfone groups is 1. The molecule has 1 aromatic heterocycles. The van der Waals surface area contributed by atoms with Gasteiger partial charge in [-0.05, 0) is 42.6 Å². The molecule has 0 bridgehead atoms. The fourth-order valence-corrected chi connectivity index (χ4v) is 6.48. The Labute approximate surface area is 153 Å². The molecule has 0 amide bonds. The number of aromatic nitrogens is 1. The highest BCUT2D eigenvalue weighted by Crippen LogP contribution is 2.42. The van der Waals surface area contributed by atoms with Crippen molar-refractivity contribution < 1.29 is 8.42 Å². The van der Waals surface area contributed by atoms with Crippen LogP contribution < -0.4 is 5.32 Å². The van der Waals surface area contributed by atoms with E-state index >= 15 is 0 Å². The maximum atomic E-state index is 13.3. The third-order valence-corrected chi connectivity index (χ3v) is 8.00. The zero-order valence-electron chi connectivity index (χ0n) is 14.6. The van der Waals surface area contributed by atoms with Crippen LogP contribution in [0.15, 0.2) is 53.4 Å². The van der Waals surface area contributed by atoms with Crippen molar-refractivity contribution in [3.63, 3.8) is 0 Å². The van der Waals surface area contributed by atoms with Crippen LogP contribution in [0.1, 0.15) is 28.5 Å². The summed E-state index contributed by atoms with van der Waals surface area (Å²) < 4.78 is 29.0. The first-order chi connectivity index (χ1) is 12.7. The summed E-state index contributed by atoms with van der Waals surface area (Å²) in [6.45, 7) is 2.76. The van der Waals surface area contributed by atoms with Gasteiger partial charge < -0.3 is 9.88 Å². The van der Waals surface area contributed by atoms with Gasteiger partial charge in [0.05, 0.1) is 15.7 Å². The molecule has 1 atom stereocenters. The summed E-state index contributed by atoms with van der Waals surface area (Å²) in [4.78, 5) is 0.424. The second-order valence-electron chi connectivity index (χ2n) is 7.21. The van der Waals surface area contributed by atoms with Gasteiger partial charge in [-0.1, -0.05) is 36.4 Å². The lowest BCUT2D eigenvalue weighted by Crippen LogP contribution is -2.22. The molecule has 1 N–H and O–H groups in total. The topological polar surface area (TPSA) is 51.1 Å². The van der Waals surface area contributed by atoms with Gasteiger partial charge in [0.1, 0.15) is 0 Å². The molecule has 0 saturated heterocycles. The van der Waals surface area contributed by atoms with Crippen LogP contribution in [0.4, 0.5) is 0 Å². The number of aryl methyl sites for hydroxylation is 1. The number of benzene rings is 2. The molecule has 5 rings (SSSR count). The summed E-state index contributed by atoms with van der Waals surface area (Å²) in [5.74, 6) is 0. The Bertz CT molecular complexity index is 1080. The highest BCUT2D eigenvalue weighted by atomic mass is 32.2. The van der Waals surface area contributed by atoms with Gasteiger partial charge in [-0.3, -0.25) is 0 Å². The molecule has 0 radical (unpaired) electrons. The fraction of sp³-hybridized carbons (Fsp3) is 0.333. The van der Waals surface area contributed by atoms with E-state index in [1.807, 2.05) is 18.2 Å². The van der Waals surface area contributed by atoms with Crippen molar-refractivity contribution in [1.82, 2.24) is 9.88 Å². The second-order valence-corrected chi connectivity index (χ2v) is 9.34. The van der Waals surface area contributed by atoms with Crippen molar-refractivity contribution in [3.05, 3.63) is 65.4 Å². The van der Waals surface area contributed by atoms with Gasteiger partial charge in [-0.15, -0.1) is 0 Å². The molecule has 4 nitrogen and oxygen atoms in total. The smallest absolute Gasteiger partial charge is 0.185 e. The van der Waals surface area contributed by atoms with E-state index in [-0.39, 0.29) is 0 Å². The van der Waals surface area contributed by atoms with Crippen LogP contribution >= 0.6 is 0 Å². The van der Waals surface area contributed by atoms with E-state index in [0.29, 0.717) is 11.3 Å². The Morgan fingerprint density at radius 1 is 0.962 bits per heavy atom. The number of rotatable bonds is 2. The second kappa shape index (κ2) is 5.96. The SMILES string of the molecule is O=S(=O)(c1ccccc1)C1CCn2c3c(c4cccc1c42)CCNCC3. The average Bonchev–Trinajstić information content (AvgIpc) is 2.83. The molecule has 3 aromatic rings. The average molecular weight is 366 g/mol. The van der Waals surface area contributed by atoms with Crippen LogP contribution in [-0.2, 0) is 29.2 Å². The minimum absolute atomic E-state index is 0.424. The lowest BCUT2D eigenvalue weighted by atomic mass is 10.0. The largest absolute Gasteiger partial charge is 0.344 e. The predicted molar refractivity (Wildman–Crippen MR) is 103 cm³/mol. The first-order valence-electron chi connectivity index (χ1n) is 9.30. The summed E-state index contributed by atoms with van der Waals surface area (Å²) in [6.07, 6.45) is 2.66. The van der Waals surface area contributed by atoms with Gasteiger partial charge in [0.25, 0.3) is 0 Å². The standard InChI is InChI=1S/C21H22N2O2S/c24-26(25,15-5-2-1-3-6-15)20-11-14-23-19-10-13-22-12-9-16(19)17-7-4-8-18(20)21(17)23/h1-8,20,22H,9-14H2. The van der Waals surface area contributed by atoms with Crippen molar-refractivity contribution in [1.29, 1.82) is 0 Å². The van der Waals surface area contributed by atoms with Crippen molar-refractivity contribution >= 4 is 20.7 Å². The maximum absolute atomic E-state index is 13.3. The Kier molecular flexibility index (Phi) is 3.69. The van der Waals surface area contributed by atoms with E-state index in [0.717, 1.165) is 43.6 Å². The van der Waals surface area contributed by atoms with Gasteiger partial charge in [0, 0.05) is 30.6 Å². The van der Waals surface area contributed by atoms with Gasteiger partial charge in [0.15, 0.2) is 9.84 Å². The molecule has 0 fully saturated rings. The molecule has 134 valence electrons. The number of hydrogen-bond acceptors (Lipinski definition) is 3. The van der Waals surface area contributed by atoms with Crippen LogP contribution in [0.2, 0.25) is 0 Å². The minimum atomic E-state index is -3.39. The molecular formula is C21H22N2O2S. The quantitative estimate of drug-likeness (QED) is 0.757. The van der Waals surface area contributed by atoms with Crippen LogP contribution in [0.5, 0.6) is 0 Å². The van der Waals surface area contributed by atoms with Crippen molar-refractivity contribution in [3.8, 4) is 0 Å². The van der Waals surface area contributed by atoms with Crippen LogP contribution in [0, 0.1) is 0 Å². The van der Waals surface area contributed by atoms with Gasteiger partial charge >= 0.3 is 0 Å². The fourth-order valence-electron chi connectivity index (χ4n) is 4.67. The van der Waals surface area contributed by atoms with E-state index in [1.54, 1.807) is 24.3 Å². The van der Waals surface area contributed by atoms with Crippen molar-refractivity contribution in [2.75, 3.05) is 13.1 Å². The molecule has 2 aliphatic heterocycles. The number of nitrogens with one attached hydrogen (secondary N) is 1. The molecule has 2 aliphatic rings. The molecule has 26 heavy (non-hydrogen) atoms. The molecular weight excluding hydrogens is 344 g/mol. The van der Waals surface area contributed by atoms with Crippen molar-refractivity contribution in [2.45, 2.75) is 36.0 Å². The molecule has 0 spiro atoms. The minimum Gasteiger partial charge on any atom is -0.344 e. The maximum Gasteiger partial charge on any atom is 0.185 e. The monoisotopic (exact) mass is 366 g/mol. The number of fused-ring (bicyclic) bond motifs is 3. The van der Waals surface area contributed by atoms with Crippen LogP contribution in [-0.4, -0.2) is 26.1 Å². The number of hydrogen-bond donors (Lipinski definition) is 1. The predicted octanol–water partition coefficient (Wildman–Crippen LogP) is 3.25. The highest BCUT2D eigenvalue weighted by Gasteiger charge is 2.35. The van der Waals surface area contributed by atoms with E-state index in [1.165, 1.54) is 16.6 Å². The van der Waals surface area contributed by atoms with Gasteiger partial charge in [0.2, 0.25) is 0 Å². The molecule has 3 heterocycles. The summed E-state index contributed by atoms with van der Waals surface area (Å²) >= 11 is 0. The highest BCUT2D eigenvalue weighted by molar-refractivity contribution is 7.91. The lowest BCUT2D eigenvalue weighted by molar-refractivity contribution is 0.544. The molecule has 0 saturated carbocycles. The molecule has 5 heteroatoms. The zero-order chi connectivity index (χ0) is 17.7. The third-order valence-electron chi connectivity index (χ3n) is 5.83. The molecule has 2 aromatic carbocycles. The van der Waals surface area contributed by atoms with E-state index in [9.17, 15) is 8.42 Å². The summed E-state index contributed by atoms with van der Waals surface area (Å²) in [6, 6.07) is 15.1. The number of para-hydroxylation sites is 1. The Balaban J connectivity index is 1.72. The zero-order valence-corrected chi connectivity index (χ0v) is 15.4. The Hall–Kier alpha value is -2.11. The Morgan fingerprint density at radius 2 is 1.77 bits per heavy atom. The van der Waals surface area contributed by atoms with Gasteiger partial charge in [-0.25, -0.2) is 8.42 Å². The summed E-state index contributed by atoms with van der Waals surface area (Å²) in [7, 11) is -3.39. The van der Waals surface area contributed by atoms with Crippen LogP contribution in [0.3, 0.4) is 0 Å². The normalized spacial score (nSPS) is 19.9. The summed E-state index contributed by atoms with van der Waals surface area (Å²) in [5.41, 5.74) is 4.92. The summed E-state index contributed by atoms with van der Waals surface area (Å²) in [5, 5.41) is 4.26. The van der Waals surface area contributed by atoms with Gasteiger partial charge in [-0.2, -0.15) is 0 Å². The first kappa shape index (κ1) is 16.1. The number of nitrogens with zero attached hydrogens (tertiary/aromatic N) is 1. The van der Waals surface area contributed by atoms with E-state index in [4.69, 9.17) is 0 Å². The van der Waals surface area contributed by atoms with E-state index < -0.39 is 15.1 Å². The lowest BCUT2D eigenvalue weighted by Gasteiger charge is -2.26. The van der Waals surface area contributed by atoms with E-state index in [2.05, 4.69) is 16.0 Å². The third kappa shape index (κ3) is 2.27. The van der Waals surface area contributed by atoms with Crippen molar-refractivity contribution in [2.24, 2.45) is 0 Å². The first-order valence-corrected chi connectivity index (χ1v) is 10.8. The molecule has 0 aliphatic carbocycles. The molecule has 1 unspecified atom stereocenters.